The summed E-state index contributed by atoms with van der Waals surface area (Å²) in [6, 6.07) is 0. The van der Waals surface area contributed by atoms with E-state index in [0.29, 0.717) is 18.1 Å². The molecular weight excluding hydrogens is 268 g/mol. The number of hydrogen-bond donors (Lipinski definition) is 2. The zero-order valence-electron chi connectivity index (χ0n) is 14.0. The molecule has 0 saturated heterocycles. The Balaban J connectivity index is 2.57. The number of hydrogen-bond acceptors (Lipinski definition) is 4. The lowest BCUT2D eigenvalue weighted by Gasteiger charge is -2.25. The third-order valence-electron chi connectivity index (χ3n) is 3.82. The summed E-state index contributed by atoms with van der Waals surface area (Å²) in [5, 5.41) is 17.0. The molecular formula is C16H28N2O3. The van der Waals surface area contributed by atoms with Gasteiger partial charge in [-0.1, -0.05) is 19.0 Å². The smallest absolute Gasteiger partial charge is 0.227 e. The molecule has 0 aliphatic heterocycles. The van der Waals surface area contributed by atoms with Crippen molar-refractivity contribution < 1.29 is 14.4 Å². The van der Waals surface area contributed by atoms with Crippen LogP contribution in [0.25, 0.3) is 0 Å². The average Bonchev–Trinajstić information content (AvgIpc) is 2.72. The quantitative estimate of drug-likeness (QED) is 0.811. The van der Waals surface area contributed by atoms with Crippen molar-refractivity contribution in [3.63, 3.8) is 0 Å². The molecule has 0 spiro atoms. The standard InChI is InChI=1S/C16H28N2O3/c1-10(2)7-8-16(6,20)9-17-15(19)11(3)14-12(4)18-21-13(14)5/h10-11,20H,7-9H2,1-6H3,(H,17,19). The van der Waals surface area contributed by atoms with Crippen LogP contribution >= 0.6 is 0 Å². The molecule has 2 unspecified atom stereocenters. The molecule has 0 radical (unpaired) electrons. The van der Waals surface area contributed by atoms with E-state index in [2.05, 4.69) is 24.3 Å². The van der Waals surface area contributed by atoms with E-state index in [-0.39, 0.29) is 18.4 Å². The van der Waals surface area contributed by atoms with Crippen LogP contribution in [0.3, 0.4) is 0 Å². The second-order valence-electron chi connectivity index (χ2n) is 6.61. The van der Waals surface area contributed by atoms with Crippen molar-refractivity contribution in [3.8, 4) is 0 Å². The molecule has 2 atom stereocenters. The summed E-state index contributed by atoms with van der Waals surface area (Å²) in [5.74, 6) is 0.751. The Kier molecular flexibility index (Phi) is 5.96. The third-order valence-corrected chi connectivity index (χ3v) is 3.82. The highest BCUT2D eigenvalue weighted by atomic mass is 16.5. The van der Waals surface area contributed by atoms with Gasteiger partial charge in [0.05, 0.1) is 17.2 Å². The van der Waals surface area contributed by atoms with Crippen molar-refractivity contribution in [2.45, 2.75) is 65.9 Å². The van der Waals surface area contributed by atoms with Gasteiger partial charge in [0.15, 0.2) is 0 Å². The molecule has 0 saturated carbocycles. The zero-order valence-corrected chi connectivity index (χ0v) is 14.0. The predicted octanol–water partition coefficient (Wildman–Crippen LogP) is 2.70. The first-order chi connectivity index (χ1) is 9.64. The highest BCUT2D eigenvalue weighted by Crippen LogP contribution is 2.23. The molecule has 2 N–H and O–H groups in total. The van der Waals surface area contributed by atoms with E-state index in [1.807, 2.05) is 13.8 Å². The third kappa shape index (κ3) is 5.16. The summed E-state index contributed by atoms with van der Waals surface area (Å²) in [4.78, 5) is 12.2. The van der Waals surface area contributed by atoms with Crippen LogP contribution in [0.4, 0.5) is 0 Å². The molecule has 21 heavy (non-hydrogen) atoms. The highest BCUT2D eigenvalue weighted by Gasteiger charge is 2.26. The van der Waals surface area contributed by atoms with Gasteiger partial charge in [-0.3, -0.25) is 4.79 Å². The van der Waals surface area contributed by atoms with Gasteiger partial charge in [0, 0.05) is 12.1 Å². The van der Waals surface area contributed by atoms with Crippen molar-refractivity contribution in [1.29, 1.82) is 0 Å². The molecule has 0 aliphatic rings. The summed E-state index contributed by atoms with van der Waals surface area (Å²) in [6.45, 7) is 11.7. The molecule has 1 aromatic rings. The van der Waals surface area contributed by atoms with Gasteiger partial charge in [-0.25, -0.2) is 0 Å². The number of rotatable bonds is 7. The van der Waals surface area contributed by atoms with Crippen molar-refractivity contribution in [3.05, 3.63) is 17.0 Å². The van der Waals surface area contributed by atoms with E-state index < -0.39 is 5.60 Å². The Morgan fingerprint density at radius 3 is 2.48 bits per heavy atom. The molecule has 1 aromatic heterocycles. The normalized spacial score (nSPS) is 15.8. The van der Waals surface area contributed by atoms with Crippen LogP contribution in [0.2, 0.25) is 0 Å². The van der Waals surface area contributed by atoms with Crippen LogP contribution in [0.5, 0.6) is 0 Å². The van der Waals surface area contributed by atoms with Crippen LogP contribution in [0, 0.1) is 19.8 Å². The van der Waals surface area contributed by atoms with Gasteiger partial charge in [0.25, 0.3) is 0 Å². The first-order valence-electron chi connectivity index (χ1n) is 7.57. The van der Waals surface area contributed by atoms with Gasteiger partial charge < -0.3 is 14.9 Å². The maximum atomic E-state index is 12.2. The predicted molar refractivity (Wildman–Crippen MR) is 82.1 cm³/mol. The van der Waals surface area contributed by atoms with Crippen molar-refractivity contribution in [2.75, 3.05) is 6.54 Å². The van der Waals surface area contributed by atoms with Gasteiger partial charge in [0.2, 0.25) is 5.91 Å². The molecule has 5 nitrogen and oxygen atoms in total. The summed E-state index contributed by atoms with van der Waals surface area (Å²) in [6.07, 6.45) is 1.60. The Morgan fingerprint density at radius 2 is 2.00 bits per heavy atom. The average molecular weight is 296 g/mol. The zero-order chi connectivity index (χ0) is 16.2. The molecule has 0 bridgehead atoms. The van der Waals surface area contributed by atoms with Gasteiger partial charge in [-0.2, -0.15) is 0 Å². The SMILES string of the molecule is Cc1noc(C)c1C(C)C(=O)NCC(C)(O)CCC(C)C. The highest BCUT2D eigenvalue weighted by molar-refractivity contribution is 5.83. The minimum absolute atomic E-state index is 0.116. The Labute approximate surface area is 127 Å². The molecule has 0 aromatic carbocycles. The largest absolute Gasteiger partial charge is 0.388 e. The van der Waals surface area contributed by atoms with Crippen molar-refractivity contribution in [2.24, 2.45) is 5.92 Å². The van der Waals surface area contributed by atoms with E-state index >= 15 is 0 Å². The van der Waals surface area contributed by atoms with Crippen molar-refractivity contribution >= 4 is 5.91 Å². The number of aliphatic hydroxyl groups is 1. The van der Waals surface area contributed by atoms with Crippen LogP contribution in [-0.4, -0.2) is 28.3 Å². The Morgan fingerprint density at radius 1 is 1.38 bits per heavy atom. The monoisotopic (exact) mass is 296 g/mol. The second-order valence-corrected chi connectivity index (χ2v) is 6.61. The topological polar surface area (TPSA) is 75.4 Å². The lowest BCUT2D eigenvalue weighted by molar-refractivity contribution is -0.123. The fraction of sp³-hybridized carbons (Fsp3) is 0.750. The summed E-state index contributed by atoms with van der Waals surface area (Å²) >= 11 is 0. The number of carbonyl (C=O) groups excluding carboxylic acids is 1. The minimum Gasteiger partial charge on any atom is -0.388 e. The fourth-order valence-electron chi connectivity index (χ4n) is 2.36. The Hall–Kier alpha value is -1.36. The summed E-state index contributed by atoms with van der Waals surface area (Å²) in [7, 11) is 0. The van der Waals surface area contributed by atoms with Gasteiger partial charge in [0.1, 0.15) is 5.76 Å². The molecule has 1 heterocycles. The number of amides is 1. The van der Waals surface area contributed by atoms with Crippen LogP contribution < -0.4 is 5.32 Å². The van der Waals surface area contributed by atoms with Crippen LogP contribution in [-0.2, 0) is 4.79 Å². The first kappa shape index (κ1) is 17.7. The fourth-order valence-corrected chi connectivity index (χ4v) is 2.36. The van der Waals surface area contributed by atoms with Crippen molar-refractivity contribution in [1.82, 2.24) is 10.5 Å². The number of aromatic nitrogens is 1. The number of nitrogens with zero attached hydrogens (tertiary/aromatic N) is 1. The van der Waals surface area contributed by atoms with Crippen LogP contribution in [0.1, 0.15) is 63.5 Å². The molecule has 1 rings (SSSR count). The van der Waals surface area contributed by atoms with Gasteiger partial charge >= 0.3 is 0 Å². The van der Waals surface area contributed by atoms with E-state index in [4.69, 9.17) is 4.52 Å². The molecule has 1 amide bonds. The summed E-state index contributed by atoms with van der Waals surface area (Å²) < 4.78 is 5.10. The van der Waals surface area contributed by atoms with E-state index in [1.165, 1.54) is 0 Å². The first-order valence-corrected chi connectivity index (χ1v) is 7.57. The molecule has 5 heteroatoms. The maximum Gasteiger partial charge on any atom is 0.227 e. The van der Waals surface area contributed by atoms with E-state index in [1.54, 1.807) is 13.8 Å². The lowest BCUT2D eigenvalue weighted by atomic mass is 9.94. The van der Waals surface area contributed by atoms with E-state index in [0.717, 1.165) is 17.7 Å². The lowest BCUT2D eigenvalue weighted by Crippen LogP contribution is -2.42. The van der Waals surface area contributed by atoms with Gasteiger partial charge in [-0.05, 0) is 46.5 Å². The Bertz CT molecular complexity index is 458. The number of nitrogens with one attached hydrogen (secondary N) is 1. The maximum absolute atomic E-state index is 12.2. The van der Waals surface area contributed by atoms with Crippen LogP contribution in [0.15, 0.2) is 4.52 Å². The second kappa shape index (κ2) is 7.07. The molecule has 120 valence electrons. The minimum atomic E-state index is -0.877. The molecule has 0 aliphatic carbocycles. The summed E-state index contributed by atoms with van der Waals surface area (Å²) in [5.41, 5.74) is 0.689. The number of aryl methyl sites for hydroxylation is 2. The number of carbonyl (C=O) groups is 1. The van der Waals surface area contributed by atoms with E-state index in [9.17, 15) is 9.90 Å². The molecule has 0 fully saturated rings. The van der Waals surface area contributed by atoms with Gasteiger partial charge in [-0.15, -0.1) is 0 Å².